The van der Waals surface area contributed by atoms with Crippen LogP contribution in [0.4, 0.5) is 0 Å². The highest BCUT2D eigenvalue weighted by molar-refractivity contribution is 5.81. The third kappa shape index (κ3) is 1.48. The summed E-state index contributed by atoms with van der Waals surface area (Å²) in [5.74, 6) is 3.50. The molecule has 3 fully saturated rings. The number of hydrogen-bond acceptors (Lipinski definition) is 1. The molecule has 0 heterocycles. The summed E-state index contributed by atoms with van der Waals surface area (Å²) in [6.45, 7) is 9.70. The van der Waals surface area contributed by atoms with Crippen LogP contribution in [0.5, 0.6) is 0 Å². The highest BCUT2D eigenvalue weighted by Gasteiger charge is 2.62. The van der Waals surface area contributed by atoms with Gasteiger partial charge in [-0.1, -0.05) is 27.7 Å². The van der Waals surface area contributed by atoms with Gasteiger partial charge in [-0.2, -0.15) is 0 Å². The minimum Gasteiger partial charge on any atom is -0.299 e. The number of rotatable bonds is 1. The van der Waals surface area contributed by atoms with E-state index in [1.54, 1.807) is 0 Å². The molecule has 102 valence electrons. The molecule has 0 spiro atoms. The number of Topliss-reactive ketones (excluding diaryl/α,β-unsaturated/α-hetero) is 1. The van der Waals surface area contributed by atoms with Gasteiger partial charge in [0.05, 0.1) is 0 Å². The van der Waals surface area contributed by atoms with E-state index in [1.807, 2.05) is 0 Å². The smallest absolute Gasteiger partial charge is 0.135 e. The summed E-state index contributed by atoms with van der Waals surface area (Å²) < 4.78 is 0. The summed E-state index contributed by atoms with van der Waals surface area (Å²) in [7, 11) is 0. The second-order valence-electron chi connectivity index (χ2n) is 8.12. The average molecular weight is 248 g/mol. The van der Waals surface area contributed by atoms with E-state index in [-0.39, 0.29) is 0 Å². The van der Waals surface area contributed by atoms with E-state index in [1.165, 1.54) is 32.1 Å². The van der Waals surface area contributed by atoms with Gasteiger partial charge in [-0.15, -0.1) is 0 Å². The first kappa shape index (κ1) is 12.7. The van der Waals surface area contributed by atoms with Gasteiger partial charge < -0.3 is 0 Å². The van der Waals surface area contributed by atoms with Crippen molar-refractivity contribution in [2.24, 2.45) is 34.5 Å². The Bertz CT molecular complexity index is 370. The van der Waals surface area contributed by atoms with Gasteiger partial charge in [0.25, 0.3) is 0 Å². The van der Waals surface area contributed by atoms with Crippen LogP contribution in [0.25, 0.3) is 0 Å². The predicted molar refractivity (Wildman–Crippen MR) is 74.2 cm³/mol. The van der Waals surface area contributed by atoms with Crippen molar-refractivity contribution in [1.82, 2.24) is 0 Å². The molecule has 0 aromatic heterocycles. The van der Waals surface area contributed by atoms with Gasteiger partial charge in [-0.25, -0.2) is 0 Å². The number of hydrogen-bond donors (Lipinski definition) is 0. The topological polar surface area (TPSA) is 17.1 Å². The minimum absolute atomic E-state index is 0.328. The molecule has 3 saturated carbocycles. The SMILES string of the molecule is CC1CC(C2CC3CCC2(C)C3(C)C)CCC1=O. The van der Waals surface area contributed by atoms with Crippen LogP contribution in [-0.2, 0) is 4.79 Å². The Morgan fingerprint density at radius 2 is 1.83 bits per heavy atom. The van der Waals surface area contributed by atoms with Gasteiger partial charge >= 0.3 is 0 Å². The summed E-state index contributed by atoms with van der Waals surface area (Å²) >= 11 is 0. The van der Waals surface area contributed by atoms with Gasteiger partial charge in [0.2, 0.25) is 0 Å². The molecule has 0 radical (unpaired) electrons. The Balaban J connectivity index is 1.81. The summed E-state index contributed by atoms with van der Waals surface area (Å²) in [6, 6.07) is 0. The normalized spacial score (nSPS) is 50.8. The summed E-state index contributed by atoms with van der Waals surface area (Å²) in [5, 5.41) is 0. The van der Waals surface area contributed by atoms with E-state index in [2.05, 4.69) is 27.7 Å². The lowest BCUT2D eigenvalue weighted by Crippen LogP contribution is -2.38. The number of fused-ring (bicyclic) bond motifs is 2. The maximum Gasteiger partial charge on any atom is 0.135 e. The Morgan fingerprint density at radius 3 is 2.33 bits per heavy atom. The zero-order chi connectivity index (χ0) is 13.1. The van der Waals surface area contributed by atoms with Gasteiger partial charge in [0, 0.05) is 12.3 Å². The Morgan fingerprint density at radius 1 is 1.11 bits per heavy atom. The van der Waals surface area contributed by atoms with Crippen LogP contribution in [0.3, 0.4) is 0 Å². The largest absolute Gasteiger partial charge is 0.299 e. The highest BCUT2D eigenvalue weighted by Crippen LogP contribution is 2.70. The van der Waals surface area contributed by atoms with Gasteiger partial charge in [0.15, 0.2) is 0 Å². The fourth-order valence-electron chi connectivity index (χ4n) is 5.62. The molecule has 5 unspecified atom stereocenters. The van der Waals surface area contributed by atoms with Crippen molar-refractivity contribution in [3.05, 3.63) is 0 Å². The predicted octanol–water partition coefficient (Wildman–Crippen LogP) is 4.45. The Hall–Kier alpha value is -0.330. The molecule has 0 amide bonds. The van der Waals surface area contributed by atoms with Crippen LogP contribution >= 0.6 is 0 Å². The second-order valence-corrected chi connectivity index (χ2v) is 8.12. The zero-order valence-corrected chi connectivity index (χ0v) is 12.5. The first-order chi connectivity index (χ1) is 8.36. The van der Waals surface area contributed by atoms with Crippen molar-refractivity contribution in [3.8, 4) is 0 Å². The van der Waals surface area contributed by atoms with Crippen LogP contribution in [0.2, 0.25) is 0 Å². The first-order valence-electron chi connectivity index (χ1n) is 7.89. The third-order valence-corrected chi connectivity index (χ3v) is 7.40. The van der Waals surface area contributed by atoms with E-state index < -0.39 is 0 Å². The molecule has 1 nitrogen and oxygen atoms in total. The molecule has 0 aromatic carbocycles. The summed E-state index contributed by atoms with van der Waals surface area (Å²) in [4.78, 5) is 11.7. The second kappa shape index (κ2) is 3.84. The van der Waals surface area contributed by atoms with Crippen molar-refractivity contribution in [3.63, 3.8) is 0 Å². The number of carbonyl (C=O) groups is 1. The number of carbonyl (C=O) groups excluding carboxylic acids is 1. The maximum atomic E-state index is 11.7. The van der Waals surface area contributed by atoms with Crippen LogP contribution in [0.1, 0.15) is 66.2 Å². The average Bonchev–Trinajstić information content (AvgIpc) is 2.65. The standard InChI is InChI=1S/C17H28O/c1-11-9-12(5-6-15(11)18)14-10-13-7-8-17(14,4)16(13,2)3/h11-14H,5-10H2,1-4H3. The van der Waals surface area contributed by atoms with Crippen molar-refractivity contribution >= 4 is 5.78 Å². The number of ketones is 1. The molecule has 0 aliphatic heterocycles. The van der Waals surface area contributed by atoms with Crippen molar-refractivity contribution in [1.29, 1.82) is 0 Å². The minimum atomic E-state index is 0.328. The highest BCUT2D eigenvalue weighted by atomic mass is 16.1. The van der Waals surface area contributed by atoms with Crippen molar-refractivity contribution in [2.75, 3.05) is 0 Å². The van der Waals surface area contributed by atoms with Crippen molar-refractivity contribution in [2.45, 2.75) is 66.2 Å². The van der Waals surface area contributed by atoms with Crippen LogP contribution in [0.15, 0.2) is 0 Å². The third-order valence-electron chi connectivity index (χ3n) is 7.40. The molecular formula is C17H28O. The maximum absolute atomic E-state index is 11.7. The molecule has 5 atom stereocenters. The quantitative estimate of drug-likeness (QED) is 0.670. The fourth-order valence-corrected chi connectivity index (χ4v) is 5.62. The molecule has 0 aromatic rings. The zero-order valence-electron chi connectivity index (χ0n) is 12.5. The molecule has 0 N–H and O–H groups in total. The van der Waals surface area contributed by atoms with E-state index >= 15 is 0 Å². The molecular weight excluding hydrogens is 220 g/mol. The molecule has 3 aliphatic carbocycles. The van der Waals surface area contributed by atoms with Crippen LogP contribution in [-0.4, -0.2) is 5.78 Å². The fraction of sp³-hybridized carbons (Fsp3) is 0.941. The first-order valence-corrected chi connectivity index (χ1v) is 7.89. The molecule has 0 saturated heterocycles. The molecule has 18 heavy (non-hydrogen) atoms. The molecule has 3 aliphatic rings. The molecule has 2 bridgehead atoms. The van der Waals surface area contributed by atoms with Crippen LogP contribution < -0.4 is 0 Å². The monoisotopic (exact) mass is 248 g/mol. The van der Waals surface area contributed by atoms with E-state index in [9.17, 15) is 4.79 Å². The molecule has 3 rings (SSSR count). The summed E-state index contributed by atoms with van der Waals surface area (Å²) in [5.41, 5.74) is 1.07. The lowest BCUT2D eigenvalue weighted by molar-refractivity contribution is -0.126. The van der Waals surface area contributed by atoms with Gasteiger partial charge in [0.1, 0.15) is 5.78 Å². The lowest BCUT2D eigenvalue weighted by atomic mass is 9.60. The van der Waals surface area contributed by atoms with E-state index in [0.29, 0.717) is 22.5 Å². The molecule has 1 heteroatoms. The Labute approximate surface area is 112 Å². The van der Waals surface area contributed by atoms with Crippen molar-refractivity contribution < 1.29 is 4.79 Å². The lowest BCUT2D eigenvalue weighted by Gasteiger charge is -2.44. The van der Waals surface area contributed by atoms with Gasteiger partial charge in [-0.3, -0.25) is 4.79 Å². The van der Waals surface area contributed by atoms with Crippen LogP contribution in [0, 0.1) is 34.5 Å². The Kier molecular flexibility index (Phi) is 2.70. The summed E-state index contributed by atoms with van der Waals surface area (Å²) in [6.07, 6.45) is 7.50. The van der Waals surface area contributed by atoms with E-state index in [0.717, 1.165) is 24.2 Å². The van der Waals surface area contributed by atoms with E-state index in [4.69, 9.17) is 0 Å². The van der Waals surface area contributed by atoms with Gasteiger partial charge in [-0.05, 0) is 60.7 Å².